The number of hydrogen-bond acceptors (Lipinski definition) is 6. The number of para-hydroxylation sites is 1. The molecule has 1 aromatic carbocycles. The van der Waals surface area contributed by atoms with Crippen LogP contribution in [0.1, 0.15) is 18.2 Å². The summed E-state index contributed by atoms with van der Waals surface area (Å²) in [4.78, 5) is 11.9. The van der Waals surface area contributed by atoms with Gasteiger partial charge >= 0.3 is 5.97 Å². The van der Waals surface area contributed by atoms with E-state index in [4.69, 9.17) is 9.84 Å². The lowest BCUT2D eigenvalue weighted by molar-refractivity contribution is -0.141. The third kappa shape index (κ3) is 4.03. The average Bonchev–Trinajstić information content (AvgIpc) is 2.99. The molecule has 0 fully saturated rings. The molecule has 0 radical (unpaired) electrons. The van der Waals surface area contributed by atoms with Crippen LogP contribution in [0.5, 0.6) is 0 Å². The van der Waals surface area contributed by atoms with Gasteiger partial charge in [-0.15, -0.1) is 5.10 Å². The fraction of sp³-hybridized carbons (Fsp3) is 0.357. The van der Waals surface area contributed by atoms with Crippen LogP contribution in [0.2, 0.25) is 0 Å². The summed E-state index contributed by atoms with van der Waals surface area (Å²) in [7, 11) is 1.33. The number of nitrogens with one attached hydrogen (secondary N) is 1. The average molecular weight is 290 g/mol. The van der Waals surface area contributed by atoms with E-state index < -0.39 is 12.0 Å². The van der Waals surface area contributed by atoms with Crippen molar-refractivity contribution in [1.82, 2.24) is 15.0 Å². The van der Waals surface area contributed by atoms with Gasteiger partial charge in [-0.25, -0.2) is 4.79 Å². The van der Waals surface area contributed by atoms with Crippen LogP contribution in [-0.2, 0) is 16.1 Å². The minimum absolute atomic E-state index is 0.0812. The quantitative estimate of drug-likeness (QED) is 0.739. The molecule has 1 atom stereocenters. The topological polar surface area (TPSA) is 89.3 Å². The summed E-state index contributed by atoms with van der Waals surface area (Å²) >= 11 is 0. The summed E-state index contributed by atoms with van der Waals surface area (Å²) in [6.07, 6.45) is 2.25. The van der Waals surface area contributed by atoms with E-state index in [1.807, 2.05) is 30.3 Å². The third-order valence-corrected chi connectivity index (χ3v) is 2.92. The first kappa shape index (κ1) is 15.0. The lowest BCUT2D eigenvalue weighted by Gasteiger charge is -2.15. The van der Waals surface area contributed by atoms with Gasteiger partial charge < -0.3 is 15.2 Å². The van der Waals surface area contributed by atoms with Crippen LogP contribution < -0.4 is 5.32 Å². The highest BCUT2D eigenvalue weighted by atomic mass is 16.5. The summed E-state index contributed by atoms with van der Waals surface area (Å²) in [5, 5.41) is 19.8. The number of hydrogen-bond donors (Lipinski definition) is 2. The number of esters is 1. The SMILES string of the molecule is COC(=O)C(Nc1ccccc1)c1cn(CCCO)nn1. The molecule has 2 aromatic rings. The van der Waals surface area contributed by atoms with E-state index in [2.05, 4.69) is 15.6 Å². The molecule has 0 amide bonds. The number of nitrogens with zero attached hydrogens (tertiary/aromatic N) is 3. The van der Waals surface area contributed by atoms with E-state index in [0.717, 1.165) is 5.69 Å². The highest BCUT2D eigenvalue weighted by molar-refractivity contribution is 5.80. The molecule has 1 aromatic heterocycles. The zero-order valence-electron chi connectivity index (χ0n) is 11.8. The van der Waals surface area contributed by atoms with Gasteiger partial charge in [-0.05, 0) is 18.6 Å². The van der Waals surface area contributed by atoms with Crippen LogP contribution in [0.3, 0.4) is 0 Å². The molecular weight excluding hydrogens is 272 g/mol. The molecule has 1 heterocycles. The Hall–Kier alpha value is -2.41. The monoisotopic (exact) mass is 290 g/mol. The first-order chi connectivity index (χ1) is 10.2. The van der Waals surface area contributed by atoms with Crippen molar-refractivity contribution >= 4 is 11.7 Å². The predicted octanol–water partition coefficient (Wildman–Crippen LogP) is 0.987. The van der Waals surface area contributed by atoms with Gasteiger partial charge in [0.1, 0.15) is 5.69 Å². The predicted molar refractivity (Wildman–Crippen MR) is 76.5 cm³/mol. The second-order valence-corrected chi connectivity index (χ2v) is 4.45. The Morgan fingerprint density at radius 1 is 1.43 bits per heavy atom. The van der Waals surface area contributed by atoms with Gasteiger partial charge in [0, 0.05) is 18.8 Å². The maximum atomic E-state index is 11.9. The van der Waals surface area contributed by atoms with Gasteiger partial charge in [-0.1, -0.05) is 23.4 Å². The number of aromatic nitrogens is 3. The first-order valence-corrected chi connectivity index (χ1v) is 6.65. The van der Waals surface area contributed by atoms with Crippen molar-refractivity contribution in [3.8, 4) is 0 Å². The number of aryl methyl sites for hydroxylation is 1. The molecule has 2 rings (SSSR count). The molecular formula is C14H18N4O3. The summed E-state index contributed by atoms with van der Waals surface area (Å²) < 4.78 is 6.40. The number of carbonyl (C=O) groups excluding carboxylic acids is 1. The molecule has 0 aliphatic rings. The molecule has 0 saturated carbocycles. The van der Waals surface area contributed by atoms with Crippen molar-refractivity contribution in [2.45, 2.75) is 19.0 Å². The van der Waals surface area contributed by atoms with Crippen molar-refractivity contribution in [2.24, 2.45) is 0 Å². The molecule has 1 unspecified atom stereocenters. The molecule has 2 N–H and O–H groups in total. The highest BCUT2D eigenvalue weighted by Gasteiger charge is 2.24. The third-order valence-electron chi connectivity index (χ3n) is 2.92. The summed E-state index contributed by atoms with van der Waals surface area (Å²) in [5.74, 6) is -0.437. The van der Waals surface area contributed by atoms with E-state index in [0.29, 0.717) is 18.7 Å². The Morgan fingerprint density at radius 2 is 2.19 bits per heavy atom. The highest BCUT2D eigenvalue weighted by Crippen LogP contribution is 2.18. The summed E-state index contributed by atoms with van der Waals surface area (Å²) in [6, 6.07) is 8.62. The molecule has 7 nitrogen and oxygen atoms in total. The van der Waals surface area contributed by atoms with Crippen LogP contribution in [0, 0.1) is 0 Å². The van der Waals surface area contributed by atoms with E-state index in [9.17, 15) is 4.79 Å². The van der Waals surface area contributed by atoms with Crippen LogP contribution in [0.4, 0.5) is 5.69 Å². The second-order valence-electron chi connectivity index (χ2n) is 4.45. The number of carbonyl (C=O) groups is 1. The number of benzene rings is 1. The molecule has 0 spiro atoms. The van der Waals surface area contributed by atoms with Gasteiger partial charge in [-0.2, -0.15) is 0 Å². The van der Waals surface area contributed by atoms with Crippen LogP contribution in [-0.4, -0.2) is 39.8 Å². The molecule has 0 aliphatic heterocycles. The first-order valence-electron chi connectivity index (χ1n) is 6.65. The largest absolute Gasteiger partial charge is 0.467 e. The Labute approximate surface area is 122 Å². The Bertz CT molecular complexity index is 571. The molecule has 21 heavy (non-hydrogen) atoms. The number of anilines is 1. The smallest absolute Gasteiger partial charge is 0.334 e. The van der Waals surface area contributed by atoms with Crippen molar-refractivity contribution in [1.29, 1.82) is 0 Å². The summed E-state index contributed by atoms with van der Waals surface area (Å²) in [6.45, 7) is 0.626. The van der Waals surface area contributed by atoms with Crippen molar-refractivity contribution in [3.63, 3.8) is 0 Å². The maximum Gasteiger partial charge on any atom is 0.334 e. The van der Waals surface area contributed by atoms with Crippen molar-refractivity contribution in [2.75, 3.05) is 19.0 Å². The van der Waals surface area contributed by atoms with Crippen LogP contribution >= 0.6 is 0 Å². The van der Waals surface area contributed by atoms with E-state index in [-0.39, 0.29) is 6.61 Å². The Morgan fingerprint density at radius 3 is 2.86 bits per heavy atom. The molecule has 7 heteroatoms. The van der Waals surface area contributed by atoms with E-state index in [1.165, 1.54) is 7.11 Å². The molecule has 0 aliphatic carbocycles. The van der Waals surface area contributed by atoms with Gasteiger partial charge in [0.2, 0.25) is 0 Å². The minimum atomic E-state index is -0.722. The lowest BCUT2D eigenvalue weighted by Crippen LogP contribution is -2.22. The Kier molecular flexibility index (Phi) is 5.28. The van der Waals surface area contributed by atoms with Gasteiger partial charge in [0.05, 0.1) is 13.3 Å². The second kappa shape index (κ2) is 7.39. The van der Waals surface area contributed by atoms with E-state index in [1.54, 1.807) is 10.9 Å². The maximum absolute atomic E-state index is 11.9. The zero-order chi connectivity index (χ0) is 15.1. The van der Waals surface area contributed by atoms with E-state index >= 15 is 0 Å². The number of aliphatic hydroxyl groups is 1. The lowest BCUT2D eigenvalue weighted by atomic mass is 10.2. The zero-order valence-corrected chi connectivity index (χ0v) is 11.8. The molecule has 112 valence electrons. The van der Waals surface area contributed by atoms with Gasteiger partial charge in [0.25, 0.3) is 0 Å². The number of ether oxygens (including phenoxy) is 1. The van der Waals surface area contributed by atoms with Gasteiger partial charge in [0.15, 0.2) is 6.04 Å². The minimum Gasteiger partial charge on any atom is -0.467 e. The number of rotatable bonds is 7. The fourth-order valence-electron chi connectivity index (χ4n) is 1.86. The normalized spacial score (nSPS) is 11.9. The summed E-state index contributed by atoms with van der Waals surface area (Å²) in [5.41, 5.74) is 1.27. The van der Waals surface area contributed by atoms with Crippen molar-refractivity contribution in [3.05, 3.63) is 42.2 Å². The van der Waals surface area contributed by atoms with Crippen LogP contribution in [0.25, 0.3) is 0 Å². The number of aliphatic hydroxyl groups excluding tert-OH is 1. The standard InChI is InChI=1S/C14H18N4O3/c1-21-14(20)13(15-11-6-3-2-4-7-11)12-10-18(17-16-12)8-5-9-19/h2-4,6-7,10,13,15,19H,5,8-9H2,1H3. The van der Waals surface area contributed by atoms with Gasteiger partial charge in [-0.3, -0.25) is 4.68 Å². The van der Waals surface area contributed by atoms with Crippen molar-refractivity contribution < 1.29 is 14.6 Å². The van der Waals surface area contributed by atoms with Crippen LogP contribution in [0.15, 0.2) is 36.5 Å². The number of methoxy groups -OCH3 is 1. The molecule has 0 bridgehead atoms. The fourth-order valence-corrected chi connectivity index (χ4v) is 1.86. The molecule has 0 saturated heterocycles. The Balaban J connectivity index is 2.16.